The second-order valence-corrected chi connectivity index (χ2v) is 8.16. The Morgan fingerprint density at radius 1 is 1.23 bits per heavy atom. The van der Waals surface area contributed by atoms with Crippen molar-refractivity contribution in [3.8, 4) is 0 Å². The molecule has 2 fully saturated rings. The largest absolute Gasteiger partial charge is 0.356 e. The van der Waals surface area contributed by atoms with Gasteiger partial charge in [-0.25, -0.2) is 0 Å². The number of benzene rings is 1. The highest BCUT2D eigenvalue weighted by atomic mass is 35.5. The molecule has 6 heteroatoms. The molecular weight excluding hydrogens is 350 g/mol. The topological polar surface area (TPSA) is 61.4 Å². The Morgan fingerprint density at radius 2 is 2.00 bits per heavy atom. The van der Waals surface area contributed by atoms with E-state index in [1.165, 1.54) is 12.8 Å². The van der Waals surface area contributed by atoms with Crippen molar-refractivity contribution in [2.75, 3.05) is 31.5 Å². The van der Waals surface area contributed by atoms with Gasteiger partial charge in [0.25, 0.3) is 0 Å². The molecule has 0 radical (unpaired) electrons. The summed E-state index contributed by atoms with van der Waals surface area (Å²) in [5.41, 5.74) is 2.71. The summed E-state index contributed by atoms with van der Waals surface area (Å²) in [5.74, 6) is 0.726. The predicted molar refractivity (Wildman–Crippen MR) is 104 cm³/mol. The highest BCUT2D eigenvalue weighted by Crippen LogP contribution is 2.28. The maximum atomic E-state index is 12.5. The van der Waals surface area contributed by atoms with Crippen LogP contribution in [0.2, 0.25) is 5.02 Å². The van der Waals surface area contributed by atoms with E-state index in [-0.39, 0.29) is 24.3 Å². The van der Waals surface area contributed by atoms with Crippen LogP contribution >= 0.6 is 11.6 Å². The third kappa shape index (κ3) is 5.21. The first-order valence-electron chi connectivity index (χ1n) is 9.49. The summed E-state index contributed by atoms with van der Waals surface area (Å²) >= 11 is 6.27. The van der Waals surface area contributed by atoms with E-state index < -0.39 is 0 Å². The minimum atomic E-state index is -0.0853. The number of carbonyl (C=O) groups is 2. The number of carbonyl (C=O) groups excluding carboxylic acids is 2. The molecule has 1 aliphatic carbocycles. The minimum absolute atomic E-state index is 0.0139. The lowest BCUT2D eigenvalue weighted by Gasteiger charge is -2.31. The van der Waals surface area contributed by atoms with Crippen molar-refractivity contribution >= 4 is 29.1 Å². The number of hydrogen-bond acceptors (Lipinski definition) is 3. The highest BCUT2D eigenvalue weighted by Gasteiger charge is 2.28. The van der Waals surface area contributed by atoms with Crippen LogP contribution in [0.1, 0.15) is 36.8 Å². The van der Waals surface area contributed by atoms with Gasteiger partial charge in [0.15, 0.2) is 0 Å². The Hall–Kier alpha value is -1.59. The van der Waals surface area contributed by atoms with E-state index in [2.05, 4.69) is 15.5 Å². The molecule has 142 valence electrons. The van der Waals surface area contributed by atoms with E-state index in [0.29, 0.717) is 23.2 Å². The van der Waals surface area contributed by atoms with Crippen LogP contribution in [0.3, 0.4) is 0 Å². The van der Waals surface area contributed by atoms with Crippen LogP contribution in [0.25, 0.3) is 0 Å². The summed E-state index contributed by atoms with van der Waals surface area (Å²) in [6.07, 6.45) is 4.31. The van der Waals surface area contributed by atoms with Crippen LogP contribution < -0.4 is 10.6 Å². The number of hydrogen-bond donors (Lipinski definition) is 2. The van der Waals surface area contributed by atoms with Crippen LogP contribution in [0.15, 0.2) is 12.1 Å². The van der Waals surface area contributed by atoms with Crippen molar-refractivity contribution in [2.45, 2.75) is 39.5 Å². The van der Waals surface area contributed by atoms with E-state index in [1.54, 1.807) is 0 Å². The number of likely N-dealkylation sites (tertiary alicyclic amines) is 1. The molecule has 2 N–H and O–H groups in total. The first-order chi connectivity index (χ1) is 12.4. The molecule has 26 heavy (non-hydrogen) atoms. The number of amides is 2. The molecule has 0 spiro atoms. The third-order valence-corrected chi connectivity index (χ3v) is 5.50. The highest BCUT2D eigenvalue weighted by molar-refractivity contribution is 6.34. The van der Waals surface area contributed by atoms with E-state index >= 15 is 0 Å². The normalized spacial score (nSPS) is 20.7. The van der Waals surface area contributed by atoms with Crippen LogP contribution in [0.5, 0.6) is 0 Å². The lowest BCUT2D eigenvalue weighted by Crippen LogP contribution is -2.45. The fourth-order valence-corrected chi connectivity index (χ4v) is 3.95. The zero-order chi connectivity index (χ0) is 18.7. The fraction of sp³-hybridized carbons (Fsp3) is 0.600. The van der Waals surface area contributed by atoms with Crippen molar-refractivity contribution in [1.82, 2.24) is 10.2 Å². The van der Waals surface area contributed by atoms with E-state index in [1.807, 2.05) is 26.0 Å². The molecular formula is C20H28ClN3O2. The molecule has 1 aromatic carbocycles. The van der Waals surface area contributed by atoms with Crippen LogP contribution in [0.4, 0.5) is 5.69 Å². The van der Waals surface area contributed by atoms with Crippen LogP contribution in [-0.4, -0.2) is 42.9 Å². The Balaban J connectivity index is 1.51. The summed E-state index contributed by atoms with van der Waals surface area (Å²) in [6, 6.07) is 3.86. The van der Waals surface area contributed by atoms with Gasteiger partial charge in [0.05, 0.1) is 23.2 Å². The minimum Gasteiger partial charge on any atom is -0.356 e. The van der Waals surface area contributed by atoms with Gasteiger partial charge in [-0.2, -0.15) is 0 Å². The predicted octanol–water partition coefficient (Wildman–Crippen LogP) is 3.13. The average Bonchev–Trinajstić information content (AvgIpc) is 3.40. The van der Waals surface area contributed by atoms with Gasteiger partial charge < -0.3 is 10.6 Å². The van der Waals surface area contributed by atoms with Crippen molar-refractivity contribution in [3.05, 3.63) is 28.3 Å². The van der Waals surface area contributed by atoms with Gasteiger partial charge in [-0.3, -0.25) is 14.5 Å². The number of halogens is 1. The summed E-state index contributed by atoms with van der Waals surface area (Å²) in [5, 5.41) is 6.56. The zero-order valence-electron chi connectivity index (χ0n) is 15.6. The number of nitrogens with zero attached hydrogens (tertiary/aromatic N) is 1. The summed E-state index contributed by atoms with van der Waals surface area (Å²) in [6.45, 7) is 6.50. The Labute approximate surface area is 160 Å². The molecule has 1 aromatic rings. The number of anilines is 1. The van der Waals surface area contributed by atoms with E-state index in [9.17, 15) is 9.59 Å². The lowest BCUT2D eigenvalue weighted by molar-refractivity contribution is -0.128. The smallest absolute Gasteiger partial charge is 0.238 e. The molecule has 1 unspecified atom stereocenters. The van der Waals surface area contributed by atoms with Crippen molar-refractivity contribution in [1.29, 1.82) is 0 Å². The molecule has 0 bridgehead atoms. The maximum Gasteiger partial charge on any atom is 0.238 e. The molecule has 0 aromatic heterocycles. The zero-order valence-corrected chi connectivity index (χ0v) is 16.4. The van der Waals surface area contributed by atoms with Crippen molar-refractivity contribution in [2.24, 2.45) is 11.8 Å². The summed E-state index contributed by atoms with van der Waals surface area (Å²) in [7, 11) is 0. The number of piperidine rings is 1. The molecule has 1 aliphatic heterocycles. The van der Waals surface area contributed by atoms with Crippen LogP contribution in [-0.2, 0) is 9.59 Å². The van der Waals surface area contributed by atoms with Gasteiger partial charge in [0, 0.05) is 13.1 Å². The molecule has 1 saturated heterocycles. The molecule has 1 heterocycles. The molecule has 2 amide bonds. The monoisotopic (exact) mass is 377 g/mol. The maximum absolute atomic E-state index is 12.5. The fourth-order valence-electron chi connectivity index (χ4n) is 3.58. The van der Waals surface area contributed by atoms with Crippen LogP contribution in [0, 0.1) is 25.7 Å². The number of rotatable bonds is 6. The summed E-state index contributed by atoms with van der Waals surface area (Å²) in [4.78, 5) is 26.8. The second-order valence-electron chi connectivity index (χ2n) is 7.75. The Bertz CT molecular complexity index is 665. The first-order valence-corrected chi connectivity index (χ1v) is 9.87. The van der Waals surface area contributed by atoms with Gasteiger partial charge in [-0.05, 0) is 69.2 Å². The molecule has 1 atom stereocenters. The SMILES string of the molecule is Cc1cc(C)c(NC(=O)CN2CCCC(C(=O)NCC3CC3)C2)c(Cl)c1. The molecule has 2 aliphatic rings. The number of nitrogens with one attached hydrogen (secondary N) is 2. The second kappa shape index (κ2) is 8.40. The van der Waals surface area contributed by atoms with Gasteiger partial charge >= 0.3 is 0 Å². The molecule has 3 rings (SSSR count). The van der Waals surface area contributed by atoms with Gasteiger partial charge in [-0.1, -0.05) is 17.7 Å². The number of aryl methyl sites for hydroxylation is 2. The van der Waals surface area contributed by atoms with Gasteiger partial charge in [0.2, 0.25) is 11.8 Å². The van der Waals surface area contributed by atoms with Gasteiger partial charge in [-0.15, -0.1) is 0 Å². The molecule has 1 saturated carbocycles. The first kappa shape index (κ1) is 19.2. The van der Waals surface area contributed by atoms with E-state index in [0.717, 1.165) is 37.1 Å². The molecule has 5 nitrogen and oxygen atoms in total. The Morgan fingerprint density at radius 3 is 2.69 bits per heavy atom. The average molecular weight is 378 g/mol. The lowest BCUT2D eigenvalue weighted by atomic mass is 9.97. The van der Waals surface area contributed by atoms with Crippen molar-refractivity contribution in [3.63, 3.8) is 0 Å². The van der Waals surface area contributed by atoms with E-state index in [4.69, 9.17) is 11.6 Å². The Kier molecular flexibility index (Phi) is 6.20. The van der Waals surface area contributed by atoms with Crippen molar-refractivity contribution < 1.29 is 9.59 Å². The third-order valence-electron chi connectivity index (χ3n) is 5.20. The quantitative estimate of drug-likeness (QED) is 0.800. The summed E-state index contributed by atoms with van der Waals surface area (Å²) < 4.78 is 0. The van der Waals surface area contributed by atoms with Gasteiger partial charge in [0.1, 0.15) is 0 Å². The standard InChI is InChI=1S/C20H28ClN3O2/c1-13-8-14(2)19(17(21)9-13)23-18(25)12-24-7-3-4-16(11-24)20(26)22-10-15-5-6-15/h8-9,15-16H,3-7,10-12H2,1-2H3,(H,22,26)(H,23,25).